The van der Waals surface area contributed by atoms with E-state index < -0.39 is 47.6 Å². The molecule has 0 saturated heterocycles. The predicted octanol–water partition coefficient (Wildman–Crippen LogP) is 4.92. The first kappa shape index (κ1) is 30.5. The van der Waals surface area contributed by atoms with Gasteiger partial charge >= 0.3 is 18.0 Å². The summed E-state index contributed by atoms with van der Waals surface area (Å²) in [6.45, 7) is 1.20. The maximum absolute atomic E-state index is 15.0. The number of anilines is 1. The van der Waals surface area contributed by atoms with Gasteiger partial charge in [0.2, 0.25) is 0 Å². The maximum Gasteiger partial charge on any atom is 0.482 e. The van der Waals surface area contributed by atoms with E-state index in [1.165, 1.54) is 42.7 Å². The van der Waals surface area contributed by atoms with E-state index in [9.17, 15) is 18.8 Å². The molecule has 2 amide bonds. The molecule has 3 aromatic heterocycles. The molecule has 4 aromatic rings. The number of pyridine rings is 2. The summed E-state index contributed by atoms with van der Waals surface area (Å²) in [6.07, 6.45) is 1.53. The molecule has 2 aliphatic heterocycles. The van der Waals surface area contributed by atoms with Crippen LogP contribution in [-0.2, 0) is 34.5 Å². The van der Waals surface area contributed by atoms with Crippen molar-refractivity contribution in [1.82, 2.24) is 19.9 Å². The van der Waals surface area contributed by atoms with Crippen LogP contribution in [0.25, 0.3) is 11.1 Å². The van der Waals surface area contributed by atoms with E-state index >= 15 is 8.78 Å². The number of esters is 1. The Balaban J connectivity index is 1.39. The molecule has 3 aliphatic rings. The first-order valence-corrected chi connectivity index (χ1v) is 14.9. The molecule has 0 unspecified atom stereocenters. The molecule has 1 aliphatic carbocycles. The lowest BCUT2D eigenvalue weighted by Crippen LogP contribution is -2.50. The third-order valence-corrected chi connectivity index (χ3v) is 8.47. The Morgan fingerprint density at radius 2 is 1.81 bits per heavy atom. The standard InChI is InChI=1S/C32H24ClF3N6O5/c1-31(10-19-6-5-18(34)13-38-19)27-26(29(44)47-31)24(25(28(37)43)20(41-27)8-15-2-3-15)16-4-7-21-22(9-16)46-32(35,36)30(45)42(21)14-23-39-11-17(33)12-40-23/h4-7,9,11-13,15H,2-3,8,10,14H2,1H3,(H2,37,43)/t31-/m1/s1. The number of nitrogens with zero attached hydrogens (tertiary/aromatic N) is 5. The number of amides is 2. The third kappa shape index (κ3) is 5.52. The average molecular weight is 665 g/mol. The van der Waals surface area contributed by atoms with E-state index in [4.69, 9.17) is 31.8 Å². The van der Waals surface area contributed by atoms with Gasteiger partial charge in [-0.3, -0.25) is 24.5 Å². The molecule has 1 aromatic carbocycles. The van der Waals surface area contributed by atoms with Gasteiger partial charge in [-0.1, -0.05) is 17.7 Å². The normalized spacial score (nSPS) is 19.6. The van der Waals surface area contributed by atoms with Gasteiger partial charge in [-0.15, -0.1) is 0 Å². The fourth-order valence-electron chi connectivity index (χ4n) is 5.94. The number of alkyl halides is 2. The van der Waals surface area contributed by atoms with Crippen LogP contribution in [0.5, 0.6) is 5.75 Å². The van der Waals surface area contributed by atoms with Crippen LogP contribution in [0.15, 0.2) is 48.9 Å². The number of carbonyl (C=O) groups is 3. The lowest BCUT2D eigenvalue weighted by molar-refractivity contribution is -0.193. The number of hydrogen-bond acceptors (Lipinski definition) is 9. The number of nitrogens with two attached hydrogens (primary N) is 1. The fourth-order valence-corrected chi connectivity index (χ4v) is 6.03. The molecule has 1 fully saturated rings. The van der Waals surface area contributed by atoms with Crippen molar-refractivity contribution in [1.29, 1.82) is 0 Å². The Hall–Kier alpha value is -5.11. The number of carbonyl (C=O) groups excluding carboxylic acids is 3. The molecule has 1 atom stereocenters. The zero-order chi connectivity index (χ0) is 33.2. The van der Waals surface area contributed by atoms with Gasteiger partial charge < -0.3 is 15.2 Å². The van der Waals surface area contributed by atoms with Gasteiger partial charge in [-0.25, -0.2) is 19.2 Å². The van der Waals surface area contributed by atoms with Crippen LogP contribution >= 0.6 is 11.6 Å². The summed E-state index contributed by atoms with van der Waals surface area (Å²) in [7, 11) is 0. The molecule has 0 radical (unpaired) electrons. The average Bonchev–Trinajstić information content (AvgIpc) is 3.80. The van der Waals surface area contributed by atoms with Gasteiger partial charge in [0, 0.05) is 30.1 Å². The Kier molecular flexibility index (Phi) is 7.15. The van der Waals surface area contributed by atoms with Crippen LogP contribution < -0.4 is 15.4 Å². The molecule has 0 spiro atoms. The van der Waals surface area contributed by atoms with E-state index in [0.717, 1.165) is 23.9 Å². The van der Waals surface area contributed by atoms with Crippen molar-refractivity contribution in [3.8, 4) is 16.9 Å². The van der Waals surface area contributed by atoms with Gasteiger partial charge in [0.1, 0.15) is 11.6 Å². The molecule has 11 nitrogen and oxygen atoms in total. The van der Waals surface area contributed by atoms with Crippen LogP contribution in [-0.4, -0.2) is 43.8 Å². The molecule has 15 heteroatoms. The monoisotopic (exact) mass is 664 g/mol. The minimum absolute atomic E-state index is 0.0254. The SMILES string of the molecule is C[C@]1(Cc2ccc(F)cn2)OC(=O)c2c1nc(CC1CC1)c(C(N)=O)c2-c1ccc2c(c1)OC(F)(F)C(=O)N2Cc1ncc(Cl)cn1. The molecular formula is C32H24ClF3N6O5. The topological polar surface area (TPSA) is 150 Å². The number of rotatable bonds is 8. The van der Waals surface area contributed by atoms with Crippen molar-refractivity contribution < 1.29 is 37.0 Å². The lowest BCUT2D eigenvalue weighted by Gasteiger charge is -2.33. The number of fused-ring (bicyclic) bond motifs is 2. The largest absolute Gasteiger partial charge is 0.482 e. The van der Waals surface area contributed by atoms with Crippen molar-refractivity contribution in [2.45, 2.75) is 50.9 Å². The van der Waals surface area contributed by atoms with Gasteiger partial charge in [0.05, 0.1) is 46.0 Å². The number of hydrogen-bond donors (Lipinski definition) is 1. The van der Waals surface area contributed by atoms with Crippen molar-refractivity contribution in [2.24, 2.45) is 11.7 Å². The minimum Gasteiger partial charge on any atom is -0.449 e. The predicted molar refractivity (Wildman–Crippen MR) is 159 cm³/mol. The number of benzene rings is 1. The Bertz CT molecular complexity index is 1970. The van der Waals surface area contributed by atoms with Gasteiger partial charge in [-0.05, 0) is 61.9 Å². The fraction of sp³-hybridized carbons (Fsp3) is 0.281. The Labute approximate surface area is 269 Å². The second-order valence-electron chi connectivity index (χ2n) is 11.8. The highest BCUT2D eigenvalue weighted by atomic mass is 35.5. The molecule has 0 bridgehead atoms. The first-order valence-electron chi connectivity index (χ1n) is 14.5. The second kappa shape index (κ2) is 11.0. The van der Waals surface area contributed by atoms with E-state index in [2.05, 4.69) is 15.0 Å². The molecule has 1 saturated carbocycles. The van der Waals surface area contributed by atoms with Crippen molar-refractivity contribution in [2.75, 3.05) is 4.90 Å². The summed E-state index contributed by atoms with van der Waals surface area (Å²) < 4.78 is 54.3. The summed E-state index contributed by atoms with van der Waals surface area (Å²) in [5.41, 5.74) is 5.48. The van der Waals surface area contributed by atoms with Crippen LogP contribution in [0.1, 0.15) is 63.4 Å². The van der Waals surface area contributed by atoms with Gasteiger partial charge in [0.25, 0.3) is 5.91 Å². The summed E-state index contributed by atoms with van der Waals surface area (Å²) >= 11 is 5.84. The minimum atomic E-state index is -4.26. The van der Waals surface area contributed by atoms with Crippen LogP contribution in [0.2, 0.25) is 5.02 Å². The number of cyclic esters (lactones) is 1. The van der Waals surface area contributed by atoms with Crippen LogP contribution in [0.3, 0.4) is 0 Å². The molecule has 5 heterocycles. The van der Waals surface area contributed by atoms with E-state index in [0.29, 0.717) is 17.8 Å². The number of ether oxygens (including phenoxy) is 2. The highest BCUT2D eigenvalue weighted by molar-refractivity contribution is 6.30. The smallest absolute Gasteiger partial charge is 0.449 e. The highest BCUT2D eigenvalue weighted by Crippen LogP contribution is 2.48. The van der Waals surface area contributed by atoms with Crippen molar-refractivity contribution >= 4 is 35.1 Å². The lowest BCUT2D eigenvalue weighted by atomic mass is 9.86. The second-order valence-corrected chi connectivity index (χ2v) is 12.3. The van der Waals surface area contributed by atoms with E-state index in [1.807, 2.05) is 0 Å². The number of aromatic nitrogens is 4. The molecular weight excluding hydrogens is 641 g/mol. The quantitative estimate of drug-likeness (QED) is 0.259. The van der Waals surface area contributed by atoms with Crippen molar-refractivity contribution in [3.05, 3.63) is 93.8 Å². The highest BCUT2D eigenvalue weighted by Gasteiger charge is 2.51. The number of primary amides is 1. The summed E-state index contributed by atoms with van der Waals surface area (Å²) in [5.74, 6) is -4.02. The van der Waals surface area contributed by atoms with Gasteiger partial charge in [-0.2, -0.15) is 8.78 Å². The zero-order valence-corrected chi connectivity index (χ0v) is 25.4. The zero-order valence-electron chi connectivity index (χ0n) is 24.6. The summed E-state index contributed by atoms with van der Waals surface area (Å²) in [4.78, 5) is 57.1. The maximum atomic E-state index is 15.0. The number of halogens is 4. The summed E-state index contributed by atoms with van der Waals surface area (Å²) in [6, 6.07) is 6.71. The van der Waals surface area contributed by atoms with E-state index in [-0.39, 0.29) is 56.8 Å². The van der Waals surface area contributed by atoms with Crippen LogP contribution in [0, 0.1) is 11.7 Å². The molecule has 240 valence electrons. The molecule has 47 heavy (non-hydrogen) atoms. The Morgan fingerprint density at radius 1 is 1.06 bits per heavy atom. The van der Waals surface area contributed by atoms with Crippen molar-refractivity contribution in [3.63, 3.8) is 0 Å². The van der Waals surface area contributed by atoms with Gasteiger partial charge in [0.15, 0.2) is 11.4 Å². The molecule has 7 rings (SSSR count). The summed E-state index contributed by atoms with van der Waals surface area (Å²) in [5, 5.41) is 0.220. The third-order valence-electron chi connectivity index (χ3n) is 8.27. The Morgan fingerprint density at radius 3 is 2.47 bits per heavy atom. The van der Waals surface area contributed by atoms with E-state index in [1.54, 1.807) is 6.92 Å². The van der Waals surface area contributed by atoms with Crippen LogP contribution in [0.4, 0.5) is 18.9 Å². The first-order chi connectivity index (χ1) is 22.3. The molecule has 2 N–H and O–H groups in total.